The lowest BCUT2D eigenvalue weighted by Crippen LogP contribution is -2.41. The fraction of sp³-hybridized carbons (Fsp3) is 0.360. The molecule has 12 heteroatoms. The third-order valence-corrected chi connectivity index (χ3v) is 7.87. The van der Waals surface area contributed by atoms with Crippen LogP contribution in [0.25, 0.3) is 27.6 Å². The molecule has 1 saturated carbocycles. The third-order valence-electron chi connectivity index (χ3n) is 7.28. The van der Waals surface area contributed by atoms with Crippen molar-refractivity contribution in [3.05, 3.63) is 47.1 Å². The molecular weight excluding hydrogens is 543 g/mol. The Labute approximate surface area is 220 Å². The summed E-state index contributed by atoms with van der Waals surface area (Å²) in [5.74, 6) is -0.0831. The van der Waals surface area contributed by atoms with Gasteiger partial charge in [-0.05, 0) is 47.3 Å². The number of pyridine rings is 1. The highest BCUT2D eigenvalue weighted by molar-refractivity contribution is 9.10. The molecule has 4 heterocycles. The first-order valence-electron chi connectivity index (χ1n) is 12.0. The first-order valence-corrected chi connectivity index (χ1v) is 12.8. The largest absolute Gasteiger partial charge is 0.351 e. The van der Waals surface area contributed by atoms with Crippen LogP contribution in [0.1, 0.15) is 26.2 Å². The van der Waals surface area contributed by atoms with Gasteiger partial charge < -0.3 is 15.1 Å². The van der Waals surface area contributed by atoms with Crippen LogP contribution in [0.5, 0.6) is 0 Å². The van der Waals surface area contributed by atoms with Crippen LogP contribution >= 0.6 is 15.9 Å². The maximum Gasteiger partial charge on any atom is 0.243 e. The monoisotopic (exact) mass is 566 g/mol. The van der Waals surface area contributed by atoms with E-state index in [2.05, 4.69) is 36.3 Å². The van der Waals surface area contributed by atoms with Crippen molar-refractivity contribution in [2.24, 2.45) is 5.41 Å². The van der Waals surface area contributed by atoms with Gasteiger partial charge in [-0.25, -0.2) is 14.1 Å². The summed E-state index contributed by atoms with van der Waals surface area (Å²) in [6.45, 7) is 2.42. The van der Waals surface area contributed by atoms with Crippen molar-refractivity contribution >= 4 is 55.6 Å². The molecule has 37 heavy (non-hydrogen) atoms. The van der Waals surface area contributed by atoms with Crippen LogP contribution in [0, 0.1) is 11.2 Å². The van der Waals surface area contributed by atoms with Crippen LogP contribution in [0.4, 0.5) is 10.3 Å². The summed E-state index contributed by atoms with van der Waals surface area (Å²) in [6.07, 6.45) is 5.30. The molecule has 1 saturated heterocycles. The van der Waals surface area contributed by atoms with Gasteiger partial charge in [0.05, 0.1) is 17.7 Å². The maximum atomic E-state index is 14.8. The summed E-state index contributed by atoms with van der Waals surface area (Å²) >= 11 is 3.46. The predicted molar refractivity (Wildman–Crippen MR) is 138 cm³/mol. The number of likely N-dealkylation sites (N-methyl/N-ethyl adjacent to an activating group) is 1. The Morgan fingerprint density at radius 2 is 2.14 bits per heavy atom. The number of hydrogen-bond donors (Lipinski definition) is 1. The van der Waals surface area contributed by atoms with Gasteiger partial charge in [0, 0.05) is 42.4 Å². The third kappa shape index (κ3) is 4.08. The van der Waals surface area contributed by atoms with Gasteiger partial charge in [0.2, 0.25) is 17.8 Å². The molecule has 1 N–H and O–H groups in total. The molecule has 6 rings (SSSR count). The van der Waals surface area contributed by atoms with Crippen molar-refractivity contribution in [3.8, 4) is 5.69 Å². The van der Waals surface area contributed by atoms with Crippen molar-refractivity contribution in [1.29, 1.82) is 0 Å². The number of aromatic nitrogens is 5. The van der Waals surface area contributed by atoms with E-state index in [0.717, 1.165) is 6.42 Å². The number of halogens is 2. The summed E-state index contributed by atoms with van der Waals surface area (Å²) in [5.41, 5.74) is 0.766. The lowest BCUT2D eigenvalue weighted by Gasteiger charge is -2.28. The molecule has 1 aromatic carbocycles. The van der Waals surface area contributed by atoms with Crippen molar-refractivity contribution < 1.29 is 14.0 Å². The summed E-state index contributed by atoms with van der Waals surface area (Å²) in [4.78, 5) is 41.6. The van der Waals surface area contributed by atoms with Gasteiger partial charge in [-0.1, -0.05) is 13.0 Å². The van der Waals surface area contributed by atoms with Crippen LogP contribution in [-0.4, -0.2) is 72.6 Å². The molecular formula is C25H24BrFN8O2. The standard InChI is InChI=1S/C25H24BrFN8O2/c1-25(23(37)34-12-19(36)33(2)13-34)6-5-15(10-25)30-24-29-11-17-21(26)32-35(22(17)31-24)16-8-14-4-3-7-28-20(14)18(27)9-16/h3-4,7-9,11,15H,5-6,10,12-13H2,1-2H3,(H,29,30,31)/t15-,25?/m1/s1. The number of carbonyl (C=O) groups is 2. The summed E-state index contributed by atoms with van der Waals surface area (Å²) in [5, 5.41) is 9.23. The summed E-state index contributed by atoms with van der Waals surface area (Å²) in [7, 11) is 1.71. The molecule has 2 fully saturated rings. The average molecular weight is 567 g/mol. The fourth-order valence-corrected chi connectivity index (χ4v) is 5.74. The van der Waals surface area contributed by atoms with E-state index in [0.29, 0.717) is 57.7 Å². The zero-order chi connectivity index (χ0) is 25.9. The van der Waals surface area contributed by atoms with E-state index in [-0.39, 0.29) is 24.4 Å². The lowest BCUT2D eigenvalue weighted by atomic mass is 9.87. The smallest absolute Gasteiger partial charge is 0.243 e. The normalized spacial score (nSPS) is 21.9. The molecule has 1 aliphatic carbocycles. The molecule has 0 bridgehead atoms. The van der Waals surface area contributed by atoms with Gasteiger partial charge in [-0.2, -0.15) is 10.1 Å². The second-order valence-corrected chi connectivity index (χ2v) is 10.8. The Morgan fingerprint density at radius 1 is 1.30 bits per heavy atom. The molecule has 2 aliphatic rings. The Hall–Kier alpha value is -3.67. The molecule has 190 valence electrons. The fourth-order valence-electron chi connectivity index (χ4n) is 5.30. The summed E-state index contributed by atoms with van der Waals surface area (Å²) < 4.78 is 16.9. The number of fused-ring (bicyclic) bond motifs is 2. The number of nitrogens with zero attached hydrogens (tertiary/aromatic N) is 7. The van der Waals surface area contributed by atoms with E-state index in [1.165, 1.54) is 6.07 Å². The van der Waals surface area contributed by atoms with Gasteiger partial charge in [-0.3, -0.25) is 14.6 Å². The first kappa shape index (κ1) is 23.7. The lowest BCUT2D eigenvalue weighted by molar-refractivity contribution is -0.140. The van der Waals surface area contributed by atoms with Crippen molar-refractivity contribution in [2.45, 2.75) is 32.2 Å². The average Bonchev–Trinajstić information content (AvgIpc) is 3.54. The molecule has 0 radical (unpaired) electrons. The Morgan fingerprint density at radius 3 is 2.92 bits per heavy atom. The van der Waals surface area contributed by atoms with Gasteiger partial charge >= 0.3 is 0 Å². The van der Waals surface area contributed by atoms with Crippen LogP contribution in [0.2, 0.25) is 0 Å². The highest BCUT2D eigenvalue weighted by atomic mass is 79.9. The van der Waals surface area contributed by atoms with Crippen LogP contribution in [0.3, 0.4) is 0 Å². The quantitative estimate of drug-likeness (QED) is 0.402. The Kier molecular flexibility index (Phi) is 5.59. The van der Waals surface area contributed by atoms with Crippen molar-refractivity contribution in [1.82, 2.24) is 34.5 Å². The first-order chi connectivity index (χ1) is 17.7. The minimum atomic E-state index is -0.561. The molecule has 2 atom stereocenters. The van der Waals surface area contributed by atoms with Crippen molar-refractivity contribution in [3.63, 3.8) is 0 Å². The second-order valence-electron chi connectivity index (χ2n) is 10.0. The number of carbonyl (C=O) groups excluding carboxylic acids is 2. The van der Waals surface area contributed by atoms with Crippen molar-refractivity contribution in [2.75, 3.05) is 25.6 Å². The number of benzene rings is 1. The van der Waals surface area contributed by atoms with Crippen LogP contribution < -0.4 is 5.32 Å². The number of amides is 2. The van der Waals surface area contributed by atoms with Gasteiger partial charge in [0.25, 0.3) is 0 Å². The van der Waals surface area contributed by atoms with E-state index in [1.807, 2.05) is 13.0 Å². The Bertz CT molecular complexity index is 1580. The van der Waals surface area contributed by atoms with E-state index in [9.17, 15) is 14.0 Å². The molecule has 3 aromatic heterocycles. The van der Waals surface area contributed by atoms with Gasteiger partial charge in [0.1, 0.15) is 16.7 Å². The van der Waals surface area contributed by atoms with E-state index >= 15 is 0 Å². The van der Waals surface area contributed by atoms with Crippen LogP contribution in [0.15, 0.2) is 41.3 Å². The number of nitrogens with one attached hydrogen (secondary N) is 1. The molecule has 4 aromatic rings. The van der Waals surface area contributed by atoms with Gasteiger partial charge in [0.15, 0.2) is 11.5 Å². The minimum absolute atomic E-state index is 0.000646. The zero-order valence-electron chi connectivity index (χ0n) is 20.3. The zero-order valence-corrected chi connectivity index (χ0v) is 21.9. The Balaban J connectivity index is 1.26. The maximum absolute atomic E-state index is 14.8. The molecule has 1 aliphatic heterocycles. The molecule has 2 amide bonds. The van der Waals surface area contributed by atoms with E-state index in [1.54, 1.807) is 46.1 Å². The number of hydrogen-bond acceptors (Lipinski definition) is 7. The minimum Gasteiger partial charge on any atom is -0.351 e. The van der Waals surface area contributed by atoms with E-state index in [4.69, 9.17) is 4.98 Å². The SMILES string of the molecule is CN1CN(C(=O)C2(C)CC[C@@H](Nc3ncc4c(Br)nn(-c5cc(F)c6ncccc6c5)c4n3)C2)CC1=O. The molecule has 10 nitrogen and oxygen atoms in total. The van der Waals surface area contributed by atoms with Crippen LogP contribution in [-0.2, 0) is 9.59 Å². The topological polar surface area (TPSA) is 109 Å². The highest BCUT2D eigenvalue weighted by Gasteiger charge is 2.45. The number of anilines is 1. The summed E-state index contributed by atoms with van der Waals surface area (Å²) in [6, 6.07) is 6.75. The highest BCUT2D eigenvalue weighted by Crippen LogP contribution is 2.41. The predicted octanol–water partition coefficient (Wildman–Crippen LogP) is 3.49. The van der Waals surface area contributed by atoms with Gasteiger partial charge in [-0.15, -0.1) is 0 Å². The van der Waals surface area contributed by atoms with E-state index < -0.39 is 11.2 Å². The molecule has 0 spiro atoms. The number of rotatable bonds is 4. The molecule has 1 unspecified atom stereocenters. The second kappa shape index (κ2) is 8.72.